The first-order chi connectivity index (χ1) is 13.9. The Balaban J connectivity index is 1.75. The average Bonchev–Trinajstić information content (AvgIpc) is 3.16. The second kappa shape index (κ2) is 6.23. The van der Waals surface area contributed by atoms with Gasteiger partial charge in [0.1, 0.15) is 0 Å². The van der Waals surface area contributed by atoms with Gasteiger partial charge in [-0.3, -0.25) is 0 Å². The van der Waals surface area contributed by atoms with Gasteiger partial charge in [0.2, 0.25) is 6.79 Å². The second-order valence-corrected chi connectivity index (χ2v) is 7.08. The normalized spacial score (nSPS) is 19.1. The van der Waals surface area contributed by atoms with E-state index in [1.807, 2.05) is 6.07 Å². The van der Waals surface area contributed by atoms with Crippen molar-refractivity contribution >= 4 is 11.8 Å². The summed E-state index contributed by atoms with van der Waals surface area (Å²) in [6, 6.07) is 5.07. The number of hydrogen-bond donors (Lipinski definition) is 0. The smallest absolute Gasteiger partial charge is 0.413 e. The summed E-state index contributed by atoms with van der Waals surface area (Å²) < 4.78 is 64.5. The number of rotatable bonds is 2. The summed E-state index contributed by atoms with van der Waals surface area (Å²) in [6.45, 7) is 0.342. The summed E-state index contributed by atoms with van der Waals surface area (Å²) in [4.78, 5) is 1.40. The molecule has 3 heterocycles. The molecule has 29 heavy (non-hydrogen) atoms. The van der Waals surface area contributed by atoms with Crippen molar-refractivity contribution in [1.82, 2.24) is 4.90 Å². The van der Waals surface area contributed by atoms with E-state index in [-0.39, 0.29) is 30.4 Å². The fraction of sp³-hybridized carbons (Fsp3) is 0.333. The molecule has 0 fully saturated rings. The van der Waals surface area contributed by atoms with Gasteiger partial charge in [-0.25, -0.2) is 0 Å². The number of alkyl halides is 3. The standard InChI is InChI=1S/C21H18F3NO4/c1-26-15-4-3-12-7-14-13-9-17-16(28-10-29-17)8-11(13)5-6-25(14)20(21(22,23)24)18(12)19(15)27-2/h3-4,7-9,20H,5-6,10H2,1-2H3/t20-/m1/s1. The fourth-order valence-corrected chi connectivity index (χ4v) is 4.39. The minimum atomic E-state index is -4.50. The van der Waals surface area contributed by atoms with E-state index in [0.29, 0.717) is 29.2 Å². The van der Waals surface area contributed by atoms with E-state index in [1.54, 1.807) is 24.3 Å². The molecule has 0 aliphatic carbocycles. The molecule has 0 bridgehead atoms. The first-order valence-corrected chi connectivity index (χ1v) is 9.15. The summed E-state index contributed by atoms with van der Waals surface area (Å²) in [7, 11) is 2.77. The minimum Gasteiger partial charge on any atom is -0.493 e. The molecule has 1 atom stereocenters. The highest BCUT2D eigenvalue weighted by Gasteiger charge is 2.51. The summed E-state index contributed by atoms with van der Waals surface area (Å²) in [5.41, 5.74) is 2.73. The van der Waals surface area contributed by atoms with Crippen molar-refractivity contribution in [2.24, 2.45) is 0 Å². The lowest BCUT2D eigenvalue weighted by molar-refractivity contribution is -0.178. The average molecular weight is 405 g/mol. The maximum atomic E-state index is 14.3. The van der Waals surface area contributed by atoms with Gasteiger partial charge in [0.15, 0.2) is 29.0 Å². The van der Waals surface area contributed by atoms with Crippen LogP contribution in [0.3, 0.4) is 0 Å². The number of methoxy groups -OCH3 is 2. The summed E-state index contributed by atoms with van der Waals surface area (Å²) in [6.07, 6.45) is -2.25. The van der Waals surface area contributed by atoms with Crippen LogP contribution in [0.15, 0.2) is 24.3 Å². The number of fused-ring (bicyclic) bond motifs is 5. The molecule has 0 unspecified atom stereocenters. The van der Waals surface area contributed by atoms with E-state index in [9.17, 15) is 13.2 Å². The van der Waals surface area contributed by atoms with Crippen LogP contribution in [0.1, 0.15) is 28.3 Å². The first-order valence-electron chi connectivity index (χ1n) is 9.15. The van der Waals surface area contributed by atoms with Crippen LogP contribution in [-0.2, 0) is 6.42 Å². The van der Waals surface area contributed by atoms with E-state index in [0.717, 1.165) is 11.1 Å². The maximum Gasteiger partial charge on any atom is 0.413 e. The lowest BCUT2D eigenvalue weighted by Crippen LogP contribution is -2.42. The Kier molecular flexibility index (Phi) is 3.88. The Hall–Kier alpha value is -3.03. The molecular weight excluding hydrogens is 387 g/mol. The zero-order chi connectivity index (χ0) is 20.3. The van der Waals surface area contributed by atoms with E-state index >= 15 is 0 Å². The highest BCUT2D eigenvalue weighted by Crippen LogP contribution is 2.54. The van der Waals surface area contributed by atoms with Crippen molar-refractivity contribution in [3.8, 4) is 23.0 Å². The van der Waals surface area contributed by atoms with Crippen molar-refractivity contribution in [2.45, 2.75) is 18.6 Å². The van der Waals surface area contributed by atoms with Crippen molar-refractivity contribution < 1.29 is 32.1 Å². The van der Waals surface area contributed by atoms with E-state index in [4.69, 9.17) is 18.9 Å². The van der Waals surface area contributed by atoms with Crippen LogP contribution in [0.2, 0.25) is 0 Å². The van der Waals surface area contributed by atoms with Gasteiger partial charge in [-0.15, -0.1) is 0 Å². The lowest BCUT2D eigenvalue weighted by atomic mass is 9.85. The quantitative estimate of drug-likeness (QED) is 0.741. The van der Waals surface area contributed by atoms with E-state index < -0.39 is 12.2 Å². The molecule has 0 radical (unpaired) electrons. The van der Waals surface area contributed by atoms with Crippen molar-refractivity contribution in [1.29, 1.82) is 0 Å². The molecule has 0 N–H and O–H groups in total. The Morgan fingerprint density at radius 2 is 1.83 bits per heavy atom. The Morgan fingerprint density at radius 3 is 2.52 bits per heavy atom. The molecule has 152 valence electrons. The molecule has 5 nitrogen and oxygen atoms in total. The molecule has 3 aliphatic rings. The van der Waals surface area contributed by atoms with Crippen LogP contribution >= 0.6 is 0 Å². The zero-order valence-corrected chi connectivity index (χ0v) is 15.8. The predicted molar refractivity (Wildman–Crippen MR) is 99.2 cm³/mol. The second-order valence-electron chi connectivity index (χ2n) is 7.08. The molecule has 0 amide bonds. The van der Waals surface area contributed by atoms with Crippen LogP contribution in [0.25, 0.3) is 11.8 Å². The van der Waals surface area contributed by atoms with Gasteiger partial charge in [0.25, 0.3) is 0 Å². The predicted octanol–water partition coefficient (Wildman–Crippen LogP) is 4.41. The molecule has 2 aromatic rings. The molecule has 2 aromatic carbocycles. The van der Waals surface area contributed by atoms with Crippen molar-refractivity contribution in [3.05, 3.63) is 46.5 Å². The van der Waals surface area contributed by atoms with Crippen LogP contribution < -0.4 is 18.9 Å². The van der Waals surface area contributed by atoms with E-state index in [1.165, 1.54) is 19.1 Å². The molecule has 8 heteroatoms. The van der Waals surface area contributed by atoms with Crippen molar-refractivity contribution in [3.63, 3.8) is 0 Å². The summed E-state index contributed by atoms with van der Waals surface area (Å²) >= 11 is 0. The van der Waals surface area contributed by atoms with Crippen LogP contribution in [0.4, 0.5) is 13.2 Å². The number of nitrogens with zero attached hydrogens (tertiary/aromatic N) is 1. The van der Waals surface area contributed by atoms with Crippen molar-refractivity contribution in [2.75, 3.05) is 27.6 Å². The van der Waals surface area contributed by atoms with Gasteiger partial charge in [0, 0.05) is 23.4 Å². The van der Waals surface area contributed by atoms with Gasteiger partial charge >= 0.3 is 6.18 Å². The minimum absolute atomic E-state index is 0.0762. The van der Waals surface area contributed by atoms with Gasteiger partial charge in [-0.05, 0) is 41.8 Å². The molecule has 3 aliphatic heterocycles. The van der Waals surface area contributed by atoms with Gasteiger partial charge in [-0.1, -0.05) is 6.07 Å². The highest BCUT2D eigenvalue weighted by molar-refractivity contribution is 5.88. The molecule has 0 saturated heterocycles. The van der Waals surface area contributed by atoms with E-state index in [2.05, 4.69) is 0 Å². The summed E-state index contributed by atoms with van der Waals surface area (Å²) in [5.74, 6) is 1.57. The largest absolute Gasteiger partial charge is 0.493 e. The highest BCUT2D eigenvalue weighted by atomic mass is 19.4. The lowest BCUT2D eigenvalue weighted by Gasteiger charge is -2.43. The Labute approximate surface area is 165 Å². The Morgan fingerprint density at radius 1 is 1.07 bits per heavy atom. The van der Waals surface area contributed by atoms with Crippen LogP contribution in [0.5, 0.6) is 23.0 Å². The third-order valence-corrected chi connectivity index (χ3v) is 5.61. The van der Waals surface area contributed by atoms with Gasteiger partial charge in [-0.2, -0.15) is 13.2 Å². The Bertz CT molecular complexity index is 1030. The van der Waals surface area contributed by atoms with Gasteiger partial charge in [0.05, 0.1) is 14.2 Å². The molecular formula is C21H18F3NO4. The molecule has 5 rings (SSSR count). The third kappa shape index (κ3) is 2.62. The first kappa shape index (κ1) is 18.0. The zero-order valence-electron chi connectivity index (χ0n) is 15.8. The number of ether oxygens (including phenoxy) is 4. The van der Waals surface area contributed by atoms with Gasteiger partial charge < -0.3 is 23.8 Å². The monoisotopic (exact) mass is 405 g/mol. The molecule has 0 aromatic heterocycles. The maximum absolute atomic E-state index is 14.3. The number of hydrogen-bond acceptors (Lipinski definition) is 5. The van der Waals surface area contributed by atoms with Crippen LogP contribution in [0, 0.1) is 0 Å². The topological polar surface area (TPSA) is 40.2 Å². The number of benzene rings is 2. The summed E-state index contributed by atoms with van der Waals surface area (Å²) in [5, 5.41) is 0. The van der Waals surface area contributed by atoms with Crippen LogP contribution in [-0.4, -0.2) is 38.6 Å². The fourth-order valence-electron chi connectivity index (χ4n) is 4.39. The molecule has 0 saturated carbocycles. The third-order valence-electron chi connectivity index (χ3n) is 5.61. The molecule has 0 spiro atoms. The SMILES string of the molecule is COc1ccc2c(c1OC)[C@H](C(F)(F)F)N1CCc3cc4c(cc3C1=C2)OCO4. The number of halogens is 3.